The van der Waals surface area contributed by atoms with Crippen molar-refractivity contribution in [2.24, 2.45) is 0 Å². The summed E-state index contributed by atoms with van der Waals surface area (Å²) < 4.78 is 5.35. The lowest BCUT2D eigenvalue weighted by molar-refractivity contribution is 0.262. The van der Waals surface area contributed by atoms with Crippen LogP contribution in [0.2, 0.25) is 10.0 Å². The van der Waals surface area contributed by atoms with Gasteiger partial charge in [0.05, 0.1) is 10.0 Å². The third-order valence-corrected chi connectivity index (χ3v) is 5.41. The summed E-state index contributed by atoms with van der Waals surface area (Å²) in [6.45, 7) is 0. The van der Waals surface area contributed by atoms with E-state index in [4.69, 9.17) is 27.6 Å². The molecule has 0 saturated heterocycles. The SMILES string of the molecule is O=C(Nc1ccc(Cl)c(Cl)c1)Nc1scc2c1c(=O)oc1ccccc12. The van der Waals surface area contributed by atoms with E-state index in [1.54, 1.807) is 24.3 Å². The van der Waals surface area contributed by atoms with Gasteiger partial charge in [0.15, 0.2) is 0 Å². The minimum atomic E-state index is -0.500. The van der Waals surface area contributed by atoms with E-state index in [-0.39, 0.29) is 0 Å². The van der Waals surface area contributed by atoms with Crippen molar-refractivity contribution in [3.8, 4) is 0 Å². The number of urea groups is 1. The number of rotatable bonds is 2. The number of benzene rings is 2. The summed E-state index contributed by atoms with van der Waals surface area (Å²) in [4.78, 5) is 24.6. The number of halogens is 2. The average molecular weight is 405 g/mol. The molecule has 0 fully saturated rings. The summed E-state index contributed by atoms with van der Waals surface area (Å²) in [5.74, 6) is 0. The minimum Gasteiger partial charge on any atom is -0.422 e. The fourth-order valence-electron chi connectivity index (χ4n) is 2.62. The Morgan fingerprint density at radius 3 is 2.62 bits per heavy atom. The molecule has 4 rings (SSSR count). The van der Waals surface area contributed by atoms with E-state index in [9.17, 15) is 9.59 Å². The highest BCUT2D eigenvalue weighted by Gasteiger charge is 2.15. The highest BCUT2D eigenvalue weighted by Crippen LogP contribution is 2.33. The van der Waals surface area contributed by atoms with Gasteiger partial charge in [-0.05, 0) is 24.3 Å². The molecule has 26 heavy (non-hydrogen) atoms. The molecule has 2 N–H and O–H groups in total. The van der Waals surface area contributed by atoms with Crippen LogP contribution in [0.3, 0.4) is 0 Å². The van der Waals surface area contributed by atoms with Crippen molar-refractivity contribution in [1.29, 1.82) is 0 Å². The first-order valence-electron chi connectivity index (χ1n) is 7.49. The monoisotopic (exact) mass is 404 g/mol. The fourth-order valence-corrected chi connectivity index (χ4v) is 3.86. The normalized spacial score (nSPS) is 11.0. The predicted octanol–water partition coefficient (Wildman–Crippen LogP) is 5.96. The molecule has 0 saturated carbocycles. The zero-order valence-corrected chi connectivity index (χ0v) is 15.3. The summed E-state index contributed by atoms with van der Waals surface area (Å²) in [5.41, 5.74) is 0.495. The van der Waals surface area contributed by atoms with Crippen LogP contribution < -0.4 is 16.3 Å². The molecule has 130 valence electrons. The van der Waals surface area contributed by atoms with Crippen LogP contribution in [0, 0.1) is 0 Å². The number of carbonyl (C=O) groups is 1. The second kappa shape index (κ2) is 6.64. The summed E-state index contributed by atoms with van der Waals surface area (Å²) >= 11 is 13.1. The maximum Gasteiger partial charge on any atom is 0.347 e. The van der Waals surface area contributed by atoms with E-state index < -0.39 is 11.7 Å². The van der Waals surface area contributed by atoms with Crippen LogP contribution >= 0.6 is 34.5 Å². The van der Waals surface area contributed by atoms with E-state index in [0.29, 0.717) is 31.7 Å². The molecule has 0 spiro atoms. The Kier molecular flexibility index (Phi) is 4.32. The average Bonchev–Trinajstić information content (AvgIpc) is 3.03. The maximum atomic E-state index is 12.3. The van der Waals surface area contributed by atoms with E-state index in [0.717, 1.165) is 10.8 Å². The van der Waals surface area contributed by atoms with Crippen LogP contribution in [0.5, 0.6) is 0 Å². The van der Waals surface area contributed by atoms with E-state index in [1.807, 2.05) is 17.5 Å². The Morgan fingerprint density at radius 2 is 1.81 bits per heavy atom. The number of thiophene rings is 1. The Labute approximate surface area is 161 Å². The minimum absolute atomic E-state index is 0.332. The third kappa shape index (κ3) is 3.03. The van der Waals surface area contributed by atoms with Gasteiger partial charge in [-0.3, -0.25) is 5.32 Å². The van der Waals surface area contributed by atoms with Gasteiger partial charge in [0, 0.05) is 21.8 Å². The first-order valence-corrected chi connectivity index (χ1v) is 9.12. The Bertz CT molecular complexity index is 1220. The second-order valence-corrected chi connectivity index (χ2v) is 7.14. The summed E-state index contributed by atoms with van der Waals surface area (Å²) in [6.07, 6.45) is 0. The molecule has 8 heteroatoms. The lowest BCUT2D eigenvalue weighted by atomic mass is 10.1. The van der Waals surface area contributed by atoms with Crippen molar-refractivity contribution in [2.75, 3.05) is 10.6 Å². The third-order valence-electron chi connectivity index (χ3n) is 3.78. The molecular formula is C18H10Cl2N2O3S. The molecule has 0 aliphatic heterocycles. The number of amides is 2. The van der Waals surface area contributed by atoms with Crippen LogP contribution in [0.1, 0.15) is 0 Å². The van der Waals surface area contributed by atoms with Gasteiger partial charge in [-0.1, -0.05) is 41.4 Å². The number of fused-ring (bicyclic) bond motifs is 3. The van der Waals surface area contributed by atoms with E-state index >= 15 is 0 Å². The largest absolute Gasteiger partial charge is 0.422 e. The van der Waals surface area contributed by atoms with Gasteiger partial charge in [-0.2, -0.15) is 0 Å². The van der Waals surface area contributed by atoms with Crippen molar-refractivity contribution >= 4 is 73.0 Å². The van der Waals surface area contributed by atoms with Crippen molar-refractivity contribution in [1.82, 2.24) is 0 Å². The second-order valence-electron chi connectivity index (χ2n) is 5.45. The highest BCUT2D eigenvalue weighted by molar-refractivity contribution is 7.16. The molecule has 0 atom stereocenters. The van der Waals surface area contributed by atoms with Crippen molar-refractivity contribution < 1.29 is 9.21 Å². The predicted molar refractivity (Wildman–Crippen MR) is 107 cm³/mol. The molecule has 0 unspecified atom stereocenters. The lowest BCUT2D eigenvalue weighted by Crippen LogP contribution is -2.19. The van der Waals surface area contributed by atoms with Gasteiger partial charge in [0.2, 0.25) is 0 Å². The first kappa shape index (κ1) is 16.9. The van der Waals surface area contributed by atoms with Gasteiger partial charge in [-0.15, -0.1) is 11.3 Å². The summed E-state index contributed by atoms with van der Waals surface area (Å²) in [5, 5.41) is 10.2. The van der Waals surface area contributed by atoms with Gasteiger partial charge in [0.1, 0.15) is 16.0 Å². The molecule has 2 heterocycles. The molecular weight excluding hydrogens is 395 g/mol. The zero-order chi connectivity index (χ0) is 18.3. The Hall–Kier alpha value is -2.54. The van der Waals surface area contributed by atoms with Gasteiger partial charge >= 0.3 is 11.7 Å². The van der Waals surface area contributed by atoms with Gasteiger partial charge in [0.25, 0.3) is 0 Å². The van der Waals surface area contributed by atoms with Crippen LogP contribution in [-0.4, -0.2) is 6.03 Å². The van der Waals surface area contributed by atoms with Crippen molar-refractivity contribution in [3.63, 3.8) is 0 Å². The zero-order valence-electron chi connectivity index (χ0n) is 13.0. The number of carbonyl (C=O) groups excluding carboxylic acids is 1. The quantitative estimate of drug-likeness (QED) is 0.405. The molecule has 2 aromatic heterocycles. The molecule has 2 aromatic carbocycles. The standard InChI is InChI=1S/C18H10Cl2N2O3S/c19-12-6-5-9(7-13(12)20)21-18(24)22-16-15-11(8-26-16)10-3-1-2-4-14(10)25-17(15)23/h1-8H,(H2,21,22,24). The lowest BCUT2D eigenvalue weighted by Gasteiger charge is -2.07. The topological polar surface area (TPSA) is 71.3 Å². The molecule has 0 aliphatic carbocycles. The number of hydrogen-bond acceptors (Lipinski definition) is 4. The molecule has 0 radical (unpaired) electrons. The van der Waals surface area contributed by atoms with Crippen LogP contribution in [-0.2, 0) is 0 Å². The number of para-hydroxylation sites is 1. The molecule has 0 bridgehead atoms. The number of hydrogen-bond donors (Lipinski definition) is 2. The molecule has 4 aromatic rings. The van der Waals surface area contributed by atoms with E-state index in [1.165, 1.54) is 17.4 Å². The van der Waals surface area contributed by atoms with Crippen molar-refractivity contribution in [3.05, 3.63) is 68.3 Å². The van der Waals surface area contributed by atoms with Gasteiger partial charge in [-0.25, -0.2) is 9.59 Å². The molecule has 2 amide bonds. The Balaban J connectivity index is 1.67. The smallest absolute Gasteiger partial charge is 0.347 e. The summed E-state index contributed by atoms with van der Waals surface area (Å²) in [6, 6.07) is 11.5. The molecule has 5 nitrogen and oxygen atoms in total. The summed E-state index contributed by atoms with van der Waals surface area (Å²) in [7, 11) is 0. The maximum absolute atomic E-state index is 12.3. The van der Waals surface area contributed by atoms with Crippen molar-refractivity contribution in [2.45, 2.75) is 0 Å². The first-order chi connectivity index (χ1) is 12.5. The van der Waals surface area contributed by atoms with E-state index in [2.05, 4.69) is 10.6 Å². The highest BCUT2D eigenvalue weighted by atomic mass is 35.5. The number of nitrogens with one attached hydrogen (secondary N) is 2. The fraction of sp³-hybridized carbons (Fsp3) is 0. The molecule has 0 aliphatic rings. The van der Waals surface area contributed by atoms with Crippen LogP contribution in [0.4, 0.5) is 15.5 Å². The van der Waals surface area contributed by atoms with Gasteiger partial charge < -0.3 is 9.73 Å². The van der Waals surface area contributed by atoms with Crippen LogP contribution in [0.15, 0.2) is 57.1 Å². The Morgan fingerprint density at radius 1 is 1.00 bits per heavy atom. The number of anilines is 2. The van der Waals surface area contributed by atoms with Crippen LogP contribution in [0.25, 0.3) is 21.7 Å².